The van der Waals surface area contributed by atoms with E-state index in [9.17, 15) is 4.79 Å². The summed E-state index contributed by atoms with van der Waals surface area (Å²) in [7, 11) is 0. The first-order valence-electron chi connectivity index (χ1n) is 7.37. The van der Waals surface area contributed by atoms with Gasteiger partial charge in [-0.25, -0.2) is 5.43 Å². The second kappa shape index (κ2) is 6.75. The zero-order chi connectivity index (χ0) is 16.1. The number of hydrazone groups is 1. The van der Waals surface area contributed by atoms with Gasteiger partial charge in [0.05, 0.1) is 11.8 Å². The molecular weight excluding hydrogens is 286 g/mol. The first-order valence-corrected chi connectivity index (χ1v) is 7.37. The van der Waals surface area contributed by atoms with E-state index in [1.54, 1.807) is 12.4 Å². The Morgan fingerprint density at radius 3 is 2.65 bits per heavy atom. The largest absolute Gasteiger partial charge is 0.360 e. The van der Waals surface area contributed by atoms with E-state index in [4.69, 9.17) is 0 Å². The number of benzene rings is 2. The van der Waals surface area contributed by atoms with Gasteiger partial charge < -0.3 is 4.98 Å². The number of carbonyl (C=O) groups is 1. The molecule has 4 nitrogen and oxygen atoms in total. The van der Waals surface area contributed by atoms with E-state index in [0.717, 1.165) is 22.0 Å². The summed E-state index contributed by atoms with van der Waals surface area (Å²) < 4.78 is 0. The topological polar surface area (TPSA) is 57.2 Å². The lowest BCUT2D eigenvalue weighted by atomic mass is 10.1. The first kappa shape index (κ1) is 14.8. The summed E-state index contributed by atoms with van der Waals surface area (Å²) in [5.74, 6) is -0.230. The molecule has 3 rings (SSSR count). The van der Waals surface area contributed by atoms with Gasteiger partial charge in [-0.15, -0.1) is 0 Å². The van der Waals surface area contributed by atoms with Crippen LogP contribution in [0, 0.1) is 0 Å². The number of rotatable bonds is 4. The summed E-state index contributed by atoms with van der Waals surface area (Å²) in [4.78, 5) is 15.3. The maximum absolute atomic E-state index is 12.2. The summed E-state index contributed by atoms with van der Waals surface area (Å²) in [6.07, 6.45) is 5.34. The van der Waals surface area contributed by atoms with Gasteiger partial charge in [0, 0.05) is 17.1 Å². The minimum absolute atomic E-state index is 0.230. The van der Waals surface area contributed by atoms with Crippen molar-refractivity contribution in [3.05, 3.63) is 77.5 Å². The molecule has 2 N–H and O–H groups in total. The van der Waals surface area contributed by atoms with Crippen LogP contribution in [0.3, 0.4) is 0 Å². The van der Waals surface area contributed by atoms with Crippen LogP contribution in [0.2, 0.25) is 0 Å². The molecule has 0 aliphatic heterocycles. The van der Waals surface area contributed by atoms with Gasteiger partial charge in [0.15, 0.2) is 0 Å². The highest BCUT2D eigenvalue weighted by Gasteiger charge is 2.10. The molecule has 0 saturated heterocycles. The molecule has 0 bridgehead atoms. The Bertz CT molecular complexity index is 876. The van der Waals surface area contributed by atoms with Gasteiger partial charge >= 0.3 is 0 Å². The average molecular weight is 303 g/mol. The van der Waals surface area contributed by atoms with Gasteiger partial charge in [-0.2, -0.15) is 5.10 Å². The smallest absolute Gasteiger partial charge is 0.273 e. The molecule has 0 aliphatic rings. The average Bonchev–Trinajstić information content (AvgIpc) is 3.00. The third-order valence-electron chi connectivity index (χ3n) is 3.46. The molecule has 0 fully saturated rings. The van der Waals surface area contributed by atoms with Crippen molar-refractivity contribution in [2.75, 3.05) is 0 Å². The van der Waals surface area contributed by atoms with Crippen molar-refractivity contribution in [3.63, 3.8) is 0 Å². The van der Waals surface area contributed by atoms with Crippen LogP contribution >= 0.6 is 0 Å². The van der Waals surface area contributed by atoms with Crippen LogP contribution in [0.4, 0.5) is 0 Å². The molecule has 1 heterocycles. The van der Waals surface area contributed by atoms with Crippen LogP contribution in [-0.4, -0.2) is 17.1 Å². The first-order chi connectivity index (χ1) is 11.2. The van der Waals surface area contributed by atoms with E-state index in [1.165, 1.54) is 0 Å². The Kier molecular flexibility index (Phi) is 4.34. The third kappa shape index (κ3) is 3.55. The molecule has 2 aromatic carbocycles. The highest BCUT2D eigenvalue weighted by molar-refractivity contribution is 6.06. The molecule has 0 aliphatic carbocycles. The molecule has 0 saturated carbocycles. The van der Waals surface area contributed by atoms with Crippen LogP contribution < -0.4 is 5.43 Å². The molecule has 1 aromatic heterocycles. The van der Waals surface area contributed by atoms with Gasteiger partial charge in [0.2, 0.25) is 0 Å². The number of aromatic nitrogens is 1. The van der Waals surface area contributed by atoms with E-state index in [2.05, 4.69) is 15.5 Å². The molecule has 3 aromatic rings. The maximum atomic E-state index is 12.2. The van der Waals surface area contributed by atoms with Crippen LogP contribution in [0.15, 0.2) is 71.5 Å². The van der Waals surface area contributed by atoms with E-state index in [0.29, 0.717) is 5.56 Å². The van der Waals surface area contributed by atoms with Crippen LogP contribution in [0.25, 0.3) is 17.0 Å². The fourth-order valence-electron chi connectivity index (χ4n) is 2.36. The van der Waals surface area contributed by atoms with Crippen molar-refractivity contribution in [2.45, 2.75) is 6.92 Å². The third-order valence-corrected chi connectivity index (χ3v) is 3.46. The van der Waals surface area contributed by atoms with E-state index >= 15 is 0 Å². The standard InChI is InChI=1S/C19H17N3O/c1-14(11-15-7-3-2-4-8-15)12-21-22-19(23)17-13-20-18-10-6-5-9-16(17)18/h2-13,20H,1H3,(H,22,23)/b14-11-,21-12+. The van der Waals surface area contributed by atoms with E-state index in [1.807, 2.05) is 67.6 Å². The van der Waals surface area contributed by atoms with Crippen molar-refractivity contribution in [2.24, 2.45) is 5.10 Å². The van der Waals surface area contributed by atoms with Gasteiger partial charge in [0.1, 0.15) is 0 Å². The number of nitrogens with one attached hydrogen (secondary N) is 2. The van der Waals surface area contributed by atoms with Crippen LogP contribution in [-0.2, 0) is 0 Å². The second-order valence-corrected chi connectivity index (χ2v) is 5.25. The molecule has 0 radical (unpaired) electrons. The maximum Gasteiger partial charge on any atom is 0.273 e. The Labute approximate surface area is 134 Å². The molecule has 0 unspecified atom stereocenters. The summed E-state index contributed by atoms with van der Waals surface area (Å²) in [5, 5.41) is 4.91. The normalized spacial score (nSPS) is 12.0. The number of hydrogen-bond donors (Lipinski definition) is 2. The number of amides is 1. The number of carbonyl (C=O) groups excluding carboxylic acids is 1. The van der Waals surface area contributed by atoms with Gasteiger partial charge in [-0.1, -0.05) is 54.6 Å². The summed E-state index contributed by atoms with van der Waals surface area (Å²) >= 11 is 0. The van der Waals surface area contributed by atoms with Crippen molar-refractivity contribution in [1.82, 2.24) is 10.4 Å². The highest BCUT2D eigenvalue weighted by atomic mass is 16.2. The molecular formula is C19H17N3O. The molecule has 114 valence electrons. The second-order valence-electron chi connectivity index (χ2n) is 5.25. The molecule has 4 heteroatoms. The monoisotopic (exact) mass is 303 g/mol. The van der Waals surface area contributed by atoms with Crippen LogP contribution in [0.1, 0.15) is 22.8 Å². The lowest BCUT2D eigenvalue weighted by Crippen LogP contribution is -2.17. The van der Waals surface area contributed by atoms with E-state index in [-0.39, 0.29) is 5.91 Å². The zero-order valence-corrected chi connectivity index (χ0v) is 12.8. The Hall–Kier alpha value is -3.14. The minimum atomic E-state index is -0.230. The minimum Gasteiger partial charge on any atom is -0.360 e. The SMILES string of the molecule is CC(=C/c1ccccc1)/C=N/NC(=O)c1c[nH]c2ccccc12. The fraction of sp³-hybridized carbons (Fsp3) is 0.0526. The van der Waals surface area contributed by atoms with E-state index < -0.39 is 0 Å². The number of allylic oxidation sites excluding steroid dienone is 1. The summed E-state index contributed by atoms with van der Waals surface area (Å²) in [6.45, 7) is 1.94. The van der Waals surface area contributed by atoms with Gasteiger partial charge in [-0.3, -0.25) is 4.79 Å². The number of fused-ring (bicyclic) bond motifs is 1. The number of nitrogens with zero attached hydrogens (tertiary/aromatic N) is 1. The highest BCUT2D eigenvalue weighted by Crippen LogP contribution is 2.17. The Morgan fingerprint density at radius 1 is 1.09 bits per heavy atom. The Balaban J connectivity index is 1.68. The zero-order valence-electron chi connectivity index (χ0n) is 12.8. The predicted octanol–water partition coefficient (Wildman–Crippen LogP) is 3.99. The Morgan fingerprint density at radius 2 is 1.83 bits per heavy atom. The van der Waals surface area contributed by atoms with Crippen molar-refractivity contribution >= 4 is 29.1 Å². The number of para-hydroxylation sites is 1. The molecule has 0 atom stereocenters. The van der Waals surface area contributed by atoms with Crippen molar-refractivity contribution in [1.29, 1.82) is 0 Å². The summed E-state index contributed by atoms with van der Waals surface area (Å²) in [6, 6.07) is 17.6. The number of H-pyrrole nitrogens is 1. The number of hydrogen-bond acceptors (Lipinski definition) is 2. The van der Waals surface area contributed by atoms with Crippen LogP contribution in [0.5, 0.6) is 0 Å². The lowest BCUT2D eigenvalue weighted by Gasteiger charge is -1.98. The quantitative estimate of drug-likeness (QED) is 0.556. The molecule has 0 spiro atoms. The number of aromatic amines is 1. The van der Waals surface area contributed by atoms with Crippen molar-refractivity contribution < 1.29 is 4.79 Å². The lowest BCUT2D eigenvalue weighted by molar-refractivity contribution is 0.0957. The summed E-state index contributed by atoms with van der Waals surface area (Å²) in [5.41, 5.74) is 6.13. The van der Waals surface area contributed by atoms with Crippen molar-refractivity contribution in [3.8, 4) is 0 Å². The van der Waals surface area contributed by atoms with Gasteiger partial charge in [-0.05, 0) is 24.1 Å². The molecule has 1 amide bonds. The van der Waals surface area contributed by atoms with Gasteiger partial charge in [0.25, 0.3) is 5.91 Å². The molecule has 23 heavy (non-hydrogen) atoms. The predicted molar refractivity (Wildman–Crippen MR) is 94.3 cm³/mol. The fourth-order valence-corrected chi connectivity index (χ4v) is 2.36.